The molecule has 0 radical (unpaired) electrons. The van der Waals surface area contributed by atoms with Crippen molar-refractivity contribution in [2.24, 2.45) is 0 Å². The highest BCUT2D eigenvalue weighted by molar-refractivity contribution is 7.19. The number of fused-ring (bicyclic) bond motifs is 9. The van der Waals surface area contributed by atoms with Crippen LogP contribution >= 0.6 is 0 Å². The second kappa shape index (κ2) is 16.1. The molecule has 328 valence electrons. The van der Waals surface area contributed by atoms with E-state index in [-0.39, 0.29) is 0 Å². The fourth-order valence-corrected chi connectivity index (χ4v) is 16.7. The summed E-state index contributed by atoms with van der Waals surface area (Å²) in [4.78, 5) is 0. The predicted octanol–water partition coefficient (Wildman–Crippen LogP) is 14.0. The lowest BCUT2D eigenvalue weighted by molar-refractivity contribution is 1.17. The van der Waals surface area contributed by atoms with Gasteiger partial charge in [-0.25, -0.2) is 0 Å². The van der Waals surface area contributed by atoms with Crippen LogP contribution in [0, 0.1) is 0 Å². The van der Waals surface area contributed by atoms with E-state index in [1.165, 1.54) is 97.3 Å². The molecule has 0 amide bonds. The molecule has 0 fully saturated rings. The zero-order valence-electron chi connectivity index (χ0n) is 38.3. The van der Waals surface area contributed by atoms with E-state index >= 15 is 0 Å². The first-order chi connectivity index (χ1) is 34.8. The molecule has 0 N–H and O–H groups in total. The summed E-state index contributed by atoms with van der Waals surface area (Å²) in [5.41, 5.74) is 12.9. The van der Waals surface area contributed by atoms with E-state index in [4.69, 9.17) is 0 Å². The molecule has 14 rings (SSSR count). The van der Waals surface area contributed by atoms with Gasteiger partial charge in [0.15, 0.2) is 8.07 Å². The lowest BCUT2D eigenvalue weighted by Gasteiger charge is -2.34. The zero-order chi connectivity index (χ0) is 46.2. The minimum Gasteiger partial charge on any atom is -0.309 e. The van der Waals surface area contributed by atoms with Crippen molar-refractivity contribution in [3.05, 3.63) is 273 Å². The van der Waals surface area contributed by atoms with Gasteiger partial charge in [-0.2, -0.15) is 0 Å². The first kappa shape index (κ1) is 40.1. The molecule has 0 saturated heterocycles. The summed E-state index contributed by atoms with van der Waals surface area (Å²) in [5, 5.41) is 12.8. The smallest absolute Gasteiger partial charge is 0.179 e. The van der Waals surface area contributed by atoms with Crippen molar-refractivity contribution in [1.29, 1.82) is 0 Å². The molecule has 0 unspecified atom stereocenters. The summed E-state index contributed by atoms with van der Waals surface area (Å²) >= 11 is 0. The van der Waals surface area contributed by atoms with Crippen LogP contribution in [0.15, 0.2) is 273 Å². The van der Waals surface area contributed by atoms with Crippen molar-refractivity contribution in [2.45, 2.75) is 0 Å². The van der Waals surface area contributed by atoms with Crippen LogP contribution in [0.2, 0.25) is 0 Å². The Morgan fingerprint density at radius 3 is 1.14 bits per heavy atom. The van der Waals surface area contributed by atoms with Crippen molar-refractivity contribution < 1.29 is 0 Å². The molecular weight excluding hydrogens is 863 g/mol. The van der Waals surface area contributed by atoms with Crippen LogP contribution in [0.25, 0.3) is 93.6 Å². The molecule has 11 aromatic carbocycles. The van der Waals surface area contributed by atoms with E-state index in [0.717, 1.165) is 17.1 Å². The Morgan fingerprint density at radius 2 is 0.600 bits per heavy atom. The average Bonchev–Trinajstić information content (AvgIpc) is 4.09. The molecule has 4 heteroatoms. The first-order valence-corrected chi connectivity index (χ1v) is 26.2. The SMILES string of the molecule is c1ccc(-n2c3ccccc3c3cccc(-c4cccc5c6ccccc6n(-c6cccc7c6c6ccccc6n7-c6ccc([Si](c7ccccc7)(c7ccccc7)c7ccccc7)cc6)c45)c32)cc1. The van der Waals surface area contributed by atoms with Crippen LogP contribution in [0.1, 0.15) is 0 Å². The van der Waals surface area contributed by atoms with Gasteiger partial charge < -0.3 is 13.7 Å². The van der Waals surface area contributed by atoms with Crippen LogP contribution in [0.4, 0.5) is 0 Å². The Hall–Kier alpha value is -8.96. The fourth-order valence-electron chi connectivity index (χ4n) is 12.0. The van der Waals surface area contributed by atoms with Gasteiger partial charge >= 0.3 is 0 Å². The van der Waals surface area contributed by atoms with Gasteiger partial charge in [-0.05, 0) is 75.3 Å². The molecular formula is C66H45N3Si. The highest BCUT2D eigenvalue weighted by atomic mass is 28.3. The Labute approximate surface area is 407 Å². The number of aromatic nitrogens is 3. The number of nitrogens with zero attached hydrogens (tertiary/aromatic N) is 3. The molecule has 3 aromatic heterocycles. The third kappa shape index (κ3) is 5.87. The minimum absolute atomic E-state index is 1.13. The zero-order valence-corrected chi connectivity index (χ0v) is 39.3. The predicted molar refractivity (Wildman–Crippen MR) is 299 cm³/mol. The molecule has 14 aromatic rings. The molecule has 0 spiro atoms. The number of hydrogen-bond acceptors (Lipinski definition) is 0. The lowest BCUT2D eigenvalue weighted by Crippen LogP contribution is -2.74. The van der Waals surface area contributed by atoms with Crippen LogP contribution in [0.3, 0.4) is 0 Å². The summed E-state index contributed by atoms with van der Waals surface area (Å²) < 4.78 is 7.48. The molecule has 0 aliphatic carbocycles. The minimum atomic E-state index is -2.71. The molecule has 3 heterocycles. The van der Waals surface area contributed by atoms with Crippen LogP contribution < -0.4 is 20.7 Å². The van der Waals surface area contributed by atoms with Crippen LogP contribution in [0.5, 0.6) is 0 Å². The first-order valence-electron chi connectivity index (χ1n) is 24.2. The normalized spacial score (nSPS) is 12.0. The Bertz CT molecular complexity index is 4170. The number of rotatable bonds is 8. The van der Waals surface area contributed by atoms with Crippen molar-refractivity contribution in [3.63, 3.8) is 0 Å². The van der Waals surface area contributed by atoms with Gasteiger partial charge in [0.25, 0.3) is 0 Å². The van der Waals surface area contributed by atoms with Gasteiger partial charge in [0, 0.05) is 54.8 Å². The molecule has 3 nitrogen and oxygen atoms in total. The fraction of sp³-hybridized carbons (Fsp3) is 0. The van der Waals surface area contributed by atoms with Gasteiger partial charge in [0.1, 0.15) is 0 Å². The summed E-state index contributed by atoms with van der Waals surface area (Å²) in [6.45, 7) is 0. The second-order valence-corrected chi connectivity index (χ2v) is 22.2. The quantitative estimate of drug-likeness (QED) is 0.107. The Kier molecular flexibility index (Phi) is 9.23. The van der Waals surface area contributed by atoms with Crippen molar-refractivity contribution in [1.82, 2.24) is 13.7 Å². The largest absolute Gasteiger partial charge is 0.309 e. The monoisotopic (exact) mass is 907 g/mol. The van der Waals surface area contributed by atoms with Gasteiger partial charge in [0.2, 0.25) is 0 Å². The molecule has 0 atom stereocenters. The third-order valence-electron chi connectivity index (χ3n) is 14.8. The lowest BCUT2D eigenvalue weighted by atomic mass is 9.99. The molecule has 0 bridgehead atoms. The second-order valence-electron chi connectivity index (χ2n) is 18.4. The average molecular weight is 908 g/mol. The van der Waals surface area contributed by atoms with Gasteiger partial charge in [-0.1, -0.05) is 218 Å². The van der Waals surface area contributed by atoms with Gasteiger partial charge in [0.05, 0.1) is 38.8 Å². The maximum Gasteiger partial charge on any atom is 0.179 e. The molecule has 0 saturated carbocycles. The highest BCUT2D eigenvalue weighted by Gasteiger charge is 2.41. The van der Waals surface area contributed by atoms with E-state index in [9.17, 15) is 0 Å². The topological polar surface area (TPSA) is 14.8 Å². The summed E-state index contributed by atoms with van der Waals surface area (Å²) in [5.74, 6) is 0. The maximum atomic E-state index is 2.55. The van der Waals surface area contributed by atoms with Gasteiger partial charge in [-0.15, -0.1) is 0 Å². The van der Waals surface area contributed by atoms with Crippen LogP contribution in [-0.2, 0) is 0 Å². The van der Waals surface area contributed by atoms with E-state index in [1.807, 2.05) is 0 Å². The van der Waals surface area contributed by atoms with E-state index in [2.05, 4.69) is 287 Å². The van der Waals surface area contributed by atoms with Gasteiger partial charge in [-0.3, -0.25) is 0 Å². The Morgan fingerprint density at radius 1 is 0.229 bits per heavy atom. The third-order valence-corrected chi connectivity index (χ3v) is 19.6. The maximum absolute atomic E-state index is 2.71. The molecule has 0 aliphatic heterocycles. The van der Waals surface area contributed by atoms with E-state index in [0.29, 0.717) is 0 Å². The van der Waals surface area contributed by atoms with Crippen molar-refractivity contribution in [2.75, 3.05) is 0 Å². The highest BCUT2D eigenvalue weighted by Crippen LogP contribution is 2.45. The van der Waals surface area contributed by atoms with Crippen molar-refractivity contribution in [3.8, 4) is 28.2 Å². The number of hydrogen-bond donors (Lipinski definition) is 0. The van der Waals surface area contributed by atoms with Crippen molar-refractivity contribution >= 4 is 94.2 Å². The van der Waals surface area contributed by atoms with Crippen LogP contribution in [-0.4, -0.2) is 21.8 Å². The number of para-hydroxylation sites is 6. The number of benzene rings is 11. The Balaban J connectivity index is 1.02. The standard InChI is InChI=1S/C66H45N3Si/c1-5-22-46(23-6-1)68-59-37-16-13-30-52(59)54-33-19-35-56(65(54)68)57-36-20-34-55-53-31-14-17-38-60(53)69(66(55)57)63-41-21-40-62-64(63)58-32-15-18-39-61(58)67(62)47-42-44-51(45-43-47)70(48-24-7-2-8-25-48,49-26-9-3-10-27-49)50-28-11-4-12-29-50/h1-45H. The van der Waals surface area contributed by atoms with E-state index in [1.54, 1.807) is 0 Å². The molecule has 70 heavy (non-hydrogen) atoms. The summed E-state index contributed by atoms with van der Waals surface area (Å²) in [6, 6.07) is 101. The van der Waals surface area contributed by atoms with E-state index < -0.39 is 8.07 Å². The summed E-state index contributed by atoms with van der Waals surface area (Å²) in [6.07, 6.45) is 0. The molecule has 0 aliphatic rings. The summed E-state index contributed by atoms with van der Waals surface area (Å²) in [7, 11) is -2.71.